The minimum atomic E-state index is -0.210. The van der Waals surface area contributed by atoms with Gasteiger partial charge < -0.3 is 5.32 Å². The van der Waals surface area contributed by atoms with Gasteiger partial charge >= 0.3 is 0 Å². The third-order valence-electron chi connectivity index (χ3n) is 3.86. The number of carbonyl (C=O) groups is 1. The maximum absolute atomic E-state index is 12.3. The minimum Gasteiger partial charge on any atom is -0.314 e. The van der Waals surface area contributed by atoms with Crippen molar-refractivity contribution >= 4 is 16.7 Å². The van der Waals surface area contributed by atoms with Crippen LogP contribution in [-0.4, -0.2) is 32.9 Å². The fourth-order valence-corrected chi connectivity index (χ4v) is 2.74. The van der Waals surface area contributed by atoms with Crippen molar-refractivity contribution < 1.29 is 4.79 Å². The van der Waals surface area contributed by atoms with Crippen molar-refractivity contribution in [3.05, 3.63) is 35.1 Å². The lowest BCUT2D eigenvalue weighted by Gasteiger charge is -2.22. The van der Waals surface area contributed by atoms with Crippen LogP contribution in [0.2, 0.25) is 0 Å². The Labute approximate surface area is 122 Å². The highest BCUT2D eigenvalue weighted by Crippen LogP contribution is 2.11. The van der Waals surface area contributed by atoms with E-state index in [2.05, 4.69) is 15.3 Å². The molecule has 21 heavy (non-hydrogen) atoms. The summed E-state index contributed by atoms with van der Waals surface area (Å²) in [7, 11) is 0. The van der Waals surface area contributed by atoms with Crippen LogP contribution in [0.25, 0.3) is 10.9 Å². The Hall–Kier alpha value is -2.08. The summed E-state index contributed by atoms with van der Waals surface area (Å²) < 4.78 is 1.37. The van der Waals surface area contributed by atoms with Gasteiger partial charge in [0.15, 0.2) is 5.78 Å². The summed E-state index contributed by atoms with van der Waals surface area (Å²) >= 11 is 0. The molecule has 1 aliphatic rings. The van der Waals surface area contributed by atoms with Crippen LogP contribution >= 0.6 is 0 Å². The number of hydrogen-bond donors (Lipinski definition) is 1. The van der Waals surface area contributed by atoms with Gasteiger partial charge in [-0.1, -0.05) is 6.42 Å². The molecule has 0 aliphatic carbocycles. The van der Waals surface area contributed by atoms with Crippen molar-refractivity contribution in [3.63, 3.8) is 0 Å². The van der Waals surface area contributed by atoms with E-state index in [1.54, 1.807) is 12.3 Å². The zero-order valence-corrected chi connectivity index (χ0v) is 11.8. The molecule has 2 aromatic rings. The normalized spacial score (nSPS) is 18.8. The number of nitrogens with zero attached hydrogens (tertiary/aromatic N) is 3. The Kier molecular flexibility index (Phi) is 4.06. The summed E-state index contributed by atoms with van der Waals surface area (Å²) in [5.41, 5.74) is 0.394. The van der Waals surface area contributed by atoms with Gasteiger partial charge in [0, 0.05) is 24.9 Å². The standard InChI is InChI=1S/C15H18N4O2/c20-12(7-11-3-1-2-5-17-11)9-19-10-18-14-4-6-16-8-13(14)15(19)21/h4,6,8,10-11,17H,1-3,5,7,9H2/t11-/m0/s1. The summed E-state index contributed by atoms with van der Waals surface area (Å²) in [4.78, 5) is 32.5. The van der Waals surface area contributed by atoms with Crippen LogP contribution < -0.4 is 10.9 Å². The van der Waals surface area contributed by atoms with E-state index in [0.29, 0.717) is 17.3 Å². The number of carbonyl (C=O) groups excluding carboxylic acids is 1. The molecule has 6 nitrogen and oxygen atoms in total. The average Bonchev–Trinajstić information content (AvgIpc) is 2.51. The van der Waals surface area contributed by atoms with Crippen LogP contribution in [0.3, 0.4) is 0 Å². The lowest BCUT2D eigenvalue weighted by Crippen LogP contribution is -2.37. The summed E-state index contributed by atoms with van der Waals surface area (Å²) in [5.74, 6) is 0.0570. The summed E-state index contributed by atoms with van der Waals surface area (Å²) in [6, 6.07) is 1.94. The van der Waals surface area contributed by atoms with Crippen LogP contribution in [0.1, 0.15) is 25.7 Å². The SMILES string of the molecule is O=C(C[C@@H]1CCCCN1)Cn1cnc2ccncc2c1=O. The van der Waals surface area contributed by atoms with Gasteiger partial charge in [-0.25, -0.2) is 4.98 Å². The highest BCUT2D eigenvalue weighted by molar-refractivity contribution is 5.80. The van der Waals surface area contributed by atoms with Gasteiger partial charge in [0.05, 0.1) is 23.8 Å². The molecule has 0 saturated carbocycles. The molecule has 3 rings (SSSR count). The molecule has 2 aromatic heterocycles. The maximum Gasteiger partial charge on any atom is 0.263 e. The minimum absolute atomic E-state index is 0.0570. The molecule has 1 atom stereocenters. The molecule has 110 valence electrons. The highest BCUT2D eigenvalue weighted by atomic mass is 16.1. The predicted octanol–water partition coefficient (Wildman–Crippen LogP) is 0.893. The van der Waals surface area contributed by atoms with E-state index in [0.717, 1.165) is 19.4 Å². The second kappa shape index (κ2) is 6.13. The molecule has 0 bridgehead atoms. The van der Waals surface area contributed by atoms with E-state index in [9.17, 15) is 9.59 Å². The first-order valence-electron chi connectivity index (χ1n) is 7.28. The number of rotatable bonds is 4. The number of pyridine rings is 1. The third-order valence-corrected chi connectivity index (χ3v) is 3.86. The molecular weight excluding hydrogens is 268 g/mol. The summed E-state index contributed by atoms with van der Waals surface area (Å²) in [5, 5.41) is 3.79. The van der Waals surface area contributed by atoms with Gasteiger partial charge in [0.1, 0.15) is 0 Å². The molecule has 0 aromatic carbocycles. The maximum atomic E-state index is 12.3. The van der Waals surface area contributed by atoms with Crippen molar-refractivity contribution in [3.8, 4) is 0 Å². The van der Waals surface area contributed by atoms with Crippen molar-refractivity contribution in [1.82, 2.24) is 19.9 Å². The topological polar surface area (TPSA) is 76.9 Å². The monoisotopic (exact) mass is 286 g/mol. The first kappa shape index (κ1) is 13.9. The van der Waals surface area contributed by atoms with Crippen LogP contribution in [-0.2, 0) is 11.3 Å². The van der Waals surface area contributed by atoms with Gasteiger partial charge in [-0.3, -0.25) is 19.1 Å². The molecule has 1 N–H and O–H groups in total. The Morgan fingerprint density at radius 3 is 3.14 bits per heavy atom. The number of nitrogens with one attached hydrogen (secondary N) is 1. The molecule has 0 radical (unpaired) electrons. The Bertz CT molecular complexity index is 704. The zero-order chi connectivity index (χ0) is 14.7. The molecule has 1 aliphatic heterocycles. The molecule has 1 fully saturated rings. The molecule has 0 spiro atoms. The van der Waals surface area contributed by atoms with E-state index in [4.69, 9.17) is 0 Å². The number of Topliss-reactive ketones (excluding diaryl/α,β-unsaturated/α-hetero) is 1. The molecule has 0 amide bonds. The lowest BCUT2D eigenvalue weighted by molar-refractivity contribution is -0.120. The first-order chi connectivity index (χ1) is 10.2. The van der Waals surface area contributed by atoms with Crippen LogP contribution in [0.5, 0.6) is 0 Å². The van der Waals surface area contributed by atoms with Gasteiger partial charge in [0.25, 0.3) is 5.56 Å². The fourth-order valence-electron chi connectivity index (χ4n) is 2.74. The van der Waals surface area contributed by atoms with Gasteiger partial charge in [0.2, 0.25) is 0 Å². The van der Waals surface area contributed by atoms with Gasteiger partial charge in [-0.15, -0.1) is 0 Å². The van der Waals surface area contributed by atoms with Crippen LogP contribution in [0.4, 0.5) is 0 Å². The average molecular weight is 286 g/mol. The Morgan fingerprint density at radius 1 is 1.43 bits per heavy atom. The molecule has 3 heterocycles. The van der Waals surface area contributed by atoms with E-state index < -0.39 is 0 Å². The van der Waals surface area contributed by atoms with Crippen molar-refractivity contribution in [2.24, 2.45) is 0 Å². The van der Waals surface area contributed by atoms with Crippen LogP contribution in [0.15, 0.2) is 29.6 Å². The van der Waals surface area contributed by atoms with Gasteiger partial charge in [-0.05, 0) is 25.5 Å². The summed E-state index contributed by atoms with van der Waals surface area (Å²) in [6.07, 6.45) is 8.36. The van der Waals surface area contributed by atoms with Crippen molar-refractivity contribution in [1.29, 1.82) is 0 Å². The van der Waals surface area contributed by atoms with E-state index in [1.165, 1.54) is 23.5 Å². The van der Waals surface area contributed by atoms with E-state index in [1.807, 2.05) is 0 Å². The third kappa shape index (κ3) is 3.16. The number of piperidine rings is 1. The quantitative estimate of drug-likeness (QED) is 0.903. The molecule has 6 heteroatoms. The largest absolute Gasteiger partial charge is 0.314 e. The molecule has 0 unspecified atom stereocenters. The summed E-state index contributed by atoms with van der Waals surface area (Å²) in [6.45, 7) is 1.05. The van der Waals surface area contributed by atoms with Gasteiger partial charge in [-0.2, -0.15) is 0 Å². The Balaban J connectivity index is 1.73. The van der Waals surface area contributed by atoms with E-state index in [-0.39, 0.29) is 23.9 Å². The predicted molar refractivity (Wildman–Crippen MR) is 79.1 cm³/mol. The van der Waals surface area contributed by atoms with E-state index >= 15 is 0 Å². The number of aromatic nitrogens is 3. The zero-order valence-electron chi connectivity index (χ0n) is 11.8. The van der Waals surface area contributed by atoms with Crippen LogP contribution in [0, 0.1) is 0 Å². The smallest absolute Gasteiger partial charge is 0.263 e. The fraction of sp³-hybridized carbons (Fsp3) is 0.467. The lowest BCUT2D eigenvalue weighted by atomic mass is 10.00. The highest BCUT2D eigenvalue weighted by Gasteiger charge is 2.17. The first-order valence-corrected chi connectivity index (χ1v) is 7.28. The molecule has 1 saturated heterocycles. The van der Waals surface area contributed by atoms with Crippen molar-refractivity contribution in [2.45, 2.75) is 38.3 Å². The second-order valence-electron chi connectivity index (χ2n) is 5.46. The second-order valence-corrected chi connectivity index (χ2v) is 5.46. The molecular formula is C15H18N4O2. The van der Waals surface area contributed by atoms with Crippen molar-refractivity contribution in [2.75, 3.05) is 6.54 Å². The number of ketones is 1. The Morgan fingerprint density at radius 2 is 2.33 bits per heavy atom. The number of fused-ring (bicyclic) bond motifs is 1. The number of hydrogen-bond acceptors (Lipinski definition) is 5.